The number of halogens is 2. The molecule has 0 aliphatic carbocycles. The highest BCUT2D eigenvalue weighted by atomic mass is 19.1. The van der Waals surface area contributed by atoms with E-state index in [2.05, 4.69) is 10.3 Å². The number of H-pyrrole nitrogens is 1. The fourth-order valence-electron chi connectivity index (χ4n) is 3.13. The van der Waals surface area contributed by atoms with Crippen molar-refractivity contribution in [1.29, 1.82) is 0 Å². The van der Waals surface area contributed by atoms with Gasteiger partial charge in [-0.2, -0.15) is 0 Å². The Hall–Kier alpha value is -2.44. The summed E-state index contributed by atoms with van der Waals surface area (Å²) in [5.41, 5.74) is -0.588. The van der Waals surface area contributed by atoms with Gasteiger partial charge in [-0.15, -0.1) is 0 Å². The standard InChI is InChI=1S/C17H19F2N3O2/c1-10(18)9-22-15(23)13-6-7-17(2,21-14(13)20-16(22)24)11-4-3-5-12(19)8-11/h3-5,8,10,21H,6-7,9H2,1-2H3,(H,20,24)/t10?,17-/m1/s1. The third-order valence-electron chi connectivity index (χ3n) is 4.45. The molecule has 0 saturated carbocycles. The number of hydrogen-bond acceptors (Lipinski definition) is 3. The monoisotopic (exact) mass is 335 g/mol. The second-order valence-electron chi connectivity index (χ2n) is 6.45. The van der Waals surface area contributed by atoms with Gasteiger partial charge in [-0.05, 0) is 44.4 Å². The van der Waals surface area contributed by atoms with E-state index < -0.39 is 23.0 Å². The maximum atomic E-state index is 13.5. The molecule has 2 aromatic rings. The van der Waals surface area contributed by atoms with Crippen LogP contribution in [0.25, 0.3) is 0 Å². The van der Waals surface area contributed by atoms with Gasteiger partial charge in [0.25, 0.3) is 5.56 Å². The first kappa shape index (κ1) is 16.4. The first-order valence-electron chi connectivity index (χ1n) is 7.84. The van der Waals surface area contributed by atoms with Crippen molar-refractivity contribution in [2.45, 2.75) is 44.9 Å². The summed E-state index contributed by atoms with van der Waals surface area (Å²) in [6.45, 7) is 2.91. The van der Waals surface area contributed by atoms with Crippen LogP contribution in [-0.4, -0.2) is 15.7 Å². The van der Waals surface area contributed by atoms with Gasteiger partial charge in [-0.1, -0.05) is 12.1 Å². The molecule has 1 aliphatic rings. The Kier molecular flexibility index (Phi) is 4.03. The molecule has 1 aliphatic heterocycles. The van der Waals surface area contributed by atoms with Crippen LogP contribution in [-0.2, 0) is 18.5 Å². The van der Waals surface area contributed by atoms with Crippen LogP contribution >= 0.6 is 0 Å². The summed E-state index contributed by atoms with van der Waals surface area (Å²) >= 11 is 0. The normalized spacial score (nSPS) is 21.0. The van der Waals surface area contributed by atoms with Crippen molar-refractivity contribution >= 4 is 5.82 Å². The Labute approximate surface area is 137 Å². The van der Waals surface area contributed by atoms with Gasteiger partial charge < -0.3 is 5.32 Å². The van der Waals surface area contributed by atoms with E-state index in [1.807, 2.05) is 6.92 Å². The Bertz CT molecular complexity index is 888. The average molecular weight is 335 g/mol. The van der Waals surface area contributed by atoms with Crippen molar-refractivity contribution in [2.75, 3.05) is 5.32 Å². The molecule has 24 heavy (non-hydrogen) atoms. The number of benzene rings is 1. The smallest absolute Gasteiger partial charge is 0.330 e. The highest BCUT2D eigenvalue weighted by Crippen LogP contribution is 2.35. The van der Waals surface area contributed by atoms with Crippen LogP contribution in [0, 0.1) is 5.82 Å². The second-order valence-corrected chi connectivity index (χ2v) is 6.45. The van der Waals surface area contributed by atoms with Crippen molar-refractivity contribution in [3.63, 3.8) is 0 Å². The SMILES string of the molecule is CC(F)Cn1c(=O)[nH]c2c(c1=O)CC[C@](C)(c1cccc(F)c1)N2. The zero-order chi connectivity index (χ0) is 17.5. The molecule has 2 atom stereocenters. The number of aromatic amines is 1. The van der Waals surface area contributed by atoms with E-state index in [1.54, 1.807) is 12.1 Å². The van der Waals surface area contributed by atoms with Crippen molar-refractivity contribution in [3.8, 4) is 0 Å². The van der Waals surface area contributed by atoms with E-state index in [1.165, 1.54) is 19.1 Å². The van der Waals surface area contributed by atoms with Gasteiger partial charge in [0.15, 0.2) is 0 Å². The number of nitrogens with one attached hydrogen (secondary N) is 2. The number of hydrogen-bond donors (Lipinski definition) is 2. The number of fused-ring (bicyclic) bond motifs is 1. The Morgan fingerprint density at radius 1 is 1.38 bits per heavy atom. The van der Waals surface area contributed by atoms with Crippen molar-refractivity contribution in [2.24, 2.45) is 0 Å². The van der Waals surface area contributed by atoms with Gasteiger partial charge in [0.05, 0.1) is 17.6 Å². The fourth-order valence-corrected chi connectivity index (χ4v) is 3.13. The first-order valence-corrected chi connectivity index (χ1v) is 7.84. The molecule has 128 valence electrons. The fraction of sp³-hybridized carbons (Fsp3) is 0.412. The van der Waals surface area contributed by atoms with Gasteiger partial charge in [0.1, 0.15) is 17.8 Å². The first-order chi connectivity index (χ1) is 11.3. The minimum atomic E-state index is -1.30. The molecule has 0 amide bonds. The van der Waals surface area contributed by atoms with Crippen LogP contribution in [0.4, 0.5) is 14.6 Å². The molecule has 3 rings (SSSR count). The second kappa shape index (κ2) is 5.89. The summed E-state index contributed by atoms with van der Waals surface area (Å²) < 4.78 is 27.6. The summed E-state index contributed by atoms with van der Waals surface area (Å²) in [6.07, 6.45) is -0.336. The third kappa shape index (κ3) is 2.86. The molecule has 0 spiro atoms. The maximum Gasteiger partial charge on any atom is 0.330 e. The summed E-state index contributed by atoms with van der Waals surface area (Å²) in [5, 5.41) is 3.15. The zero-order valence-corrected chi connectivity index (χ0v) is 13.5. The van der Waals surface area contributed by atoms with Gasteiger partial charge in [0.2, 0.25) is 0 Å². The molecule has 0 saturated heterocycles. The lowest BCUT2D eigenvalue weighted by molar-refractivity contribution is 0.311. The van der Waals surface area contributed by atoms with Crippen molar-refractivity contribution < 1.29 is 8.78 Å². The largest absolute Gasteiger partial charge is 0.362 e. The summed E-state index contributed by atoms with van der Waals surface area (Å²) in [5.74, 6) is -0.0204. The van der Waals surface area contributed by atoms with Crippen LogP contribution < -0.4 is 16.6 Å². The summed E-state index contributed by atoms with van der Waals surface area (Å²) in [6, 6.07) is 6.21. The molecule has 7 heteroatoms. The summed E-state index contributed by atoms with van der Waals surface area (Å²) in [4.78, 5) is 27.2. The zero-order valence-electron chi connectivity index (χ0n) is 13.5. The van der Waals surface area contributed by atoms with E-state index in [4.69, 9.17) is 0 Å². The molecule has 0 radical (unpaired) electrons. The Morgan fingerprint density at radius 2 is 2.12 bits per heavy atom. The predicted octanol–water partition coefficient (Wildman–Crippen LogP) is 2.31. The molecule has 2 N–H and O–H groups in total. The Balaban J connectivity index is 2.03. The quantitative estimate of drug-likeness (QED) is 0.904. The lowest BCUT2D eigenvalue weighted by Crippen LogP contribution is -2.45. The van der Waals surface area contributed by atoms with E-state index in [0.717, 1.165) is 10.1 Å². The third-order valence-corrected chi connectivity index (χ3v) is 4.45. The molecule has 5 nitrogen and oxygen atoms in total. The molecule has 1 unspecified atom stereocenters. The van der Waals surface area contributed by atoms with Crippen molar-refractivity contribution in [3.05, 3.63) is 62.0 Å². The molecule has 1 aromatic heterocycles. The summed E-state index contributed by atoms with van der Waals surface area (Å²) in [7, 11) is 0. The molecule has 2 heterocycles. The van der Waals surface area contributed by atoms with Gasteiger partial charge in [-0.25, -0.2) is 13.6 Å². The van der Waals surface area contributed by atoms with E-state index in [9.17, 15) is 18.4 Å². The van der Waals surface area contributed by atoms with Gasteiger partial charge in [-0.3, -0.25) is 14.3 Å². The maximum absolute atomic E-state index is 13.5. The number of alkyl halides is 1. The minimum Gasteiger partial charge on any atom is -0.362 e. The number of anilines is 1. The Morgan fingerprint density at radius 3 is 2.79 bits per heavy atom. The number of nitrogens with zero attached hydrogens (tertiary/aromatic N) is 1. The molecular weight excluding hydrogens is 316 g/mol. The average Bonchev–Trinajstić information content (AvgIpc) is 2.51. The molecule has 0 fully saturated rings. The minimum absolute atomic E-state index is 0.275. The van der Waals surface area contributed by atoms with E-state index >= 15 is 0 Å². The molecule has 1 aromatic carbocycles. The lowest BCUT2D eigenvalue weighted by atomic mass is 9.83. The van der Waals surface area contributed by atoms with Crippen LogP contribution in [0.15, 0.2) is 33.9 Å². The van der Waals surface area contributed by atoms with Crippen LogP contribution in [0.1, 0.15) is 31.4 Å². The molecular formula is C17H19F2N3O2. The topological polar surface area (TPSA) is 66.9 Å². The van der Waals surface area contributed by atoms with E-state index in [0.29, 0.717) is 24.2 Å². The lowest BCUT2D eigenvalue weighted by Gasteiger charge is -2.37. The van der Waals surface area contributed by atoms with Crippen molar-refractivity contribution in [1.82, 2.24) is 9.55 Å². The van der Waals surface area contributed by atoms with Crippen LogP contribution in [0.3, 0.4) is 0 Å². The number of rotatable bonds is 3. The number of aromatic nitrogens is 2. The van der Waals surface area contributed by atoms with Gasteiger partial charge in [0, 0.05) is 0 Å². The van der Waals surface area contributed by atoms with E-state index in [-0.39, 0.29) is 12.4 Å². The predicted molar refractivity (Wildman–Crippen MR) is 87.6 cm³/mol. The van der Waals surface area contributed by atoms with Crippen LogP contribution in [0.2, 0.25) is 0 Å². The highest BCUT2D eigenvalue weighted by Gasteiger charge is 2.33. The molecule has 0 bridgehead atoms. The highest BCUT2D eigenvalue weighted by molar-refractivity contribution is 5.50. The van der Waals surface area contributed by atoms with Crippen LogP contribution in [0.5, 0.6) is 0 Å². The van der Waals surface area contributed by atoms with Gasteiger partial charge >= 0.3 is 5.69 Å².